The number of halogens is 1. The molecule has 0 spiro atoms. The molecule has 0 unspecified atom stereocenters. The maximum absolute atomic E-state index is 14.0. The third-order valence-electron chi connectivity index (χ3n) is 9.14. The first-order valence-corrected chi connectivity index (χ1v) is 15.9. The van der Waals surface area contributed by atoms with Gasteiger partial charge in [-0.05, 0) is 66.8 Å². The molecule has 3 aromatic carbocycles. The monoisotopic (exact) mass is 657 g/mol. The number of benzene rings is 3. The van der Waals surface area contributed by atoms with Gasteiger partial charge in [-0.2, -0.15) is 0 Å². The summed E-state index contributed by atoms with van der Waals surface area (Å²) in [6.07, 6.45) is 6.43. The predicted octanol–water partition coefficient (Wildman–Crippen LogP) is 5.36. The van der Waals surface area contributed by atoms with E-state index in [-0.39, 0.29) is 37.4 Å². The lowest BCUT2D eigenvalue weighted by atomic mass is 9.83. The van der Waals surface area contributed by atoms with Gasteiger partial charge in [0, 0.05) is 41.0 Å². The Morgan fingerprint density at radius 1 is 1.07 bits per heavy atom. The lowest BCUT2D eigenvalue weighted by molar-refractivity contribution is -0.139. The molecule has 9 heteroatoms. The zero-order chi connectivity index (χ0) is 31.0. The molecule has 3 amide bonds. The predicted molar refractivity (Wildman–Crippen MR) is 172 cm³/mol. The Bertz CT molecular complexity index is 1620. The van der Waals surface area contributed by atoms with Crippen LogP contribution in [0.5, 0.6) is 0 Å². The fourth-order valence-electron chi connectivity index (χ4n) is 6.70. The summed E-state index contributed by atoms with van der Waals surface area (Å²) in [6, 6.07) is 20.9. The van der Waals surface area contributed by atoms with E-state index in [1.54, 1.807) is 39.8 Å². The number of aryl methyl sites for hydroxylation is 1. The number of aliphatic hydroxyl groups is 2. The van der Waals surface area contributed by atoms with Gasteiger partial charge in [0.25, 0.3) is 5.91 Å². The summed E-state index contributed by atoms with van der Waals surface area (Å²) in [5, 5.41) is 21.6. The summed E-state index contributed by atoms with van der Waals surface area (Å²) in [5.41, 5.74) is 2.98. The van der Waals surface area contributed by atoms with Gasteiger partial charge < -0.3 is 20.0 Å². The number of hydrogen-bond donors (Lipinski definition) is 2. The summed E-state index contributed by atoms with van der Waals surface area (Å²) in [6.45, 7) is 2.61. The Kier molecular flexibility index (Phi) is 8.46. The number of likely N-dealkylation sites (tertiary alicyclic amines) is 1. The van der Waals surface area contributed by atoms with Crippen molar-refractivity contribution in [2.75, 3.05) is 23.0 Å². The van der Waals surface area contributed by atoms with Crippen LogP contribution in [0.2, 0.25) is 0 Å². The highest BCUT2D eigenvalue weighted by atomic mass is 79.9. The van der Waals surface area contributed by atoms with Gasteiger partial charge in [0.1, 0.15) is 0 Å². The van der Waals surface area contributed by atoms with E-state index in [9.17, 15) is 24.6 Å². The van der Waals surface area contributed by atoms with Crippen molar-refractivity contribution in [3.63, 3.8) is 0 Å². The number of rotatable bonds is 8. The Morgan fingerprint density at radius 2 is 1.84 bits per heavy atom. The summed E-state index contributed by atoms with van der Waals surface area (Å²) in [4.78, 5) is 44.7. The summed E-state index contributed by atoms with van der Waals surface area (Å²) in [7, 11) is 0. The molecule has 6 rings (SSSR count). The Labute approximate surface area is 265 Å². The van der Waals surface area contributed by atoms with Gasteiger partial charge in [-0.1, -0.05) is 65.3 Å². The van der Waals surface area contributed by atoms with E-state index >= 15 is 0 Å². The Morgan fingerprint density at radius 3 is 2.61 bits per heavy atom. The molecule has 3 heterocycles. The van der Waals surface area contributed by atoms with Crippen LogP contribution in [0.25, 0.3) is 0 Å². The minimum Gasteiger partial charge on any atom is -0.394 e. The lowest BCUT2D eigenvalue weighted by Gasteiger charge is -2.30. The minimum absolute atomic E-state index is 0.0470. The number of anilines is 3. The highest BCUT2D eigenvalue weighted by Crippen LogP contribution is 2.47. The number of carbonyl (C=O) groups excluding carboxylic acids is 3. The molecule has 44 heavy (non-hydrogen) atoms. The van der Waals surface area contributed by atoms with Crippen LogP contribution in [0.3, 0.4) is 0 Å². The van der Waals surface area contributed by atoms with Gasteiger partial charge >= 0.3 is 0 Å². The maximum Gasteiger partial charge on any atom is 0.264 e. The molecule has 8 nitrogen and oxygen atoms in total. The second-order valence-electron chi connectivity index (χ2n) is 11.8. The van der Waals surface area contributed by atoms with E-state index in [2.05, 4.69) is 15.9 Å². The molecule has 0 bridgehead atoms. The molecular weight excluding hydrogens is 622 g/mol. The largest absolute Gasteiger partial charge is 0.394 e. The molecule has 0 radical (unpaired) electrons. The van der Waals surface area contributed by atoms with Crippen LogP contribution in [0.1, 0.15) is 49.3 Å². The van der Waals surface area contributed by atoms with Gasteiger partial charge in [-0.25, -0.2) is 0 Å². The summed E-state index contributed by atoms with van der Waals surface area (Å²) < 4.78 is 0.746. The second-order valence-corrected chi connectivity index (χ2v) is 12.7. The van der Waals surface area contributed by atoms with Crippen LogP contribution in [-0.4, -0.2) is 52.0 Å². The molecule has 3 aromatic rings. The Hall–Kier alpha value is -3.79. The number of para-hydroxylation sites is 1. The van der Waals surface area contributed by atoms with Crippen molar-refractivity contribution in [2.24, 2.45) is 5.92 Å². The van der Waals surface area contributed by atoms with Crippen molar-refractivity contribution in [2.45, 2.75) is 57.2 Å². The molecule has 3 aliphatic rings. The highest BCUT2D eigenvalue weighted by molar-refractivity contribution is 9.10. The van der Waals surface area contributed by atoms with Crippen molar-refractivity contribution in [1.82, 2.24) is 4.90 Å². The first-order valence-electron chi connectivity index (χ1n) is 15.1. The van der Waals surface area contributed by atoms with Crippen LogP contribution >= 0.6 is 15.9 Å². The fourth-order valence-corrected chi connectivity index (χ4v) is 7.06. The summed E-state index contributed by atoms with van der Waals surface area (Å²) >= 11 is 3.49. The van der Waals surface area contributed by atoms with E-state index in [1.165, 1.54) is 0 Å². The van der Waals surface area contributed by atoms with Crippen molar-refractivity contribution < 1.29 is 24.6 Å². The maximum atomic E-state index is 14.0. The highest BCUT2D eigenvalue weighted by Gasteiger charge is 2.52. The molecule has 1 saturated heterocycles. The van der Waals surface area contributed by atoms with E-state index in [1.807, 2.05) is 60.7 Å². The van der Waals surface area contributed by atoms with Gasteiger partial charge in [0.15, 0.2) is 5.60 Å². The SMILES string of the molecule is C[C@H](/C=C/CC(=O)N1CCC[C@H]1CO)[C@@]1(O)C(=O)N(Cc2ccc(N3C(=O)CCc4ccccc43)cc2)c2ccc(Br)cc21. The molecule has 3 aliphatic heterocycles. The molecule has 3 atom stereocenters. The van der Waals surface area contributed by atoms with E-state index in [4.69, 9.17) is 0 Å². The van der Waals surface area contributed by atoms with E-state index in [0.717, 1.165) is 46.2 Å². The molecule has 0 aliphatic carbocycles. The van der Waals surface area contributed by atoms with Gasteiger partial charge in [-0.15, -0.1) is 0 Å². The van der Waals surface area contributed by atoms with Crippen LogP contribution < -0.4 is 9.80 Å². The number of fused-ring (bicyclic) bond motifs is 2. The fraction of sp³-hybridized carbons (Fsp3) is 0.343. The van der Waals surface area contributed by atoms with Crippen LogP contribution in [0, 0.1) is 5.92 Å². The number of carbonyl (C=O) groups is 3. The lowest BCUT2D eigenvalue weighted by Crippen LogP contribution is -2.44. The third kappa shape index (κ3) is 5.38. The number of aliphatic hydroxyl groups excluding tert-OH is 1. The second kappa shape index (κ2) is 12.3. The average molecular weight is 659 g/mol. The zero-order valence-electron chi connectivity index (χ0n) is 24.7. The van der Waals surface area contributed by atoms with Crippen LogP contribution in [-0.2, 0) is 33.0 Å². The minimum atomic E-state index is -1.82. The van der Waals surface area contributed by atoms with Crippen molar-refractivity contribution in [3.8, 4) is 0 Å². The number of nitrogens with zero attached hydrogens (tertiary/aromatic N) is 3. The quantitative estimate of drug-likeness (QED) is 0.318. The molecule has 0 saturated carbocycles. The normalized spacial score (nSPS) is 22.1. The zero-order valence-corrected chi connectivity index (χ0v) is 26.2. The smallest absolute Gasteiger partial charge is 0.264 e. The van der Waals surface area contributed by atoms with Gasteiger partial charge in [0.2, 0.25) is 11.8 Å². The molecule has 0 aromatic heterocycles. The average Bonchev–Trinajstić information content (AvgIpc) is 3.59. The molecular formula is C35H36BrN3O5. The van der Waals surface area contributed by atoms with Crippen molar-refractivity contribution in [1.29, 1.82) is 0 Å². The standard InChI is InChI=1S/C35H36BrN3O5/c1-23(6-4-10-32(41)37-19-5-8-28(37)22-40)35(44)29-20-26(36)14-17-31(29)38(34(35)43)21-24-11-15-27(16-12-24)39-30-9-3-2-7-25(30)13-18-33(39)42/h2-4,6-7,9,11-12,14-17,20,23,28,40,44H,5,8,10,13,18-19,21-22H2,1H3/b6-4+/t23-,28+,35+/m1/s1. The van der Waals surface area contributed by atoms with E-state index in [0.29, 0.717) is 24.2 Å². The third-order valence-corrected chi connectivity index (χ3v) is 9.63. The van der Waals surface area contributed by atoms with Crippen molar-refractivity contribution in [3.05, 3.63) is 100 Å². The number of hydrogen-bond acceptors (Lipinski definition) is 5. The van der Waals surface area contributed by atoms with Crippen molar-refractivity contribution >= 4 is 50.7 Å². The van der Waals surface area contributed by atoms with Crippen LogP contribution in [0.4, 0.5) is 17.1 Å². The van der Waals surface area contributed by atoms with Gasteiger partial charge in [-0.3, -0.25) is 19.3 Å². The molecule has 228 valence electrons. The van der Waals surface area contributed by atoms with E-state index < -0.39 is 17.4 Å². The summed E-state index contributed by atoms with van der Waals surface area (Å²) in [5.74, 6) is -1.07. The van der Waals surface area contributed by atoms with Crippen LogP contribution in [0.15, 0.2) is 83.4 Å². The first kappa shape index (κ1) is 30.2. The van der Waals surface area contributed by atoms with Gasteiger partial charge in [0.05, 0.1) is 30.6 Å². The molecule has 2 N–H and O–H groups in total. The molecule has 1 fully saturated rings. The Balaban J connectivity index is 1.21. The first-order chi connectivity index (χ1) is 21.2. The topological polar surface area (TPSA) is 101 Å². The number of amides is 3.